The van der Waals surface area contributed by atoms with Gasteiger partial charge in [-0.1, -0.05) is 12.1 Å². The molecule has 0 bridgehead atoms. The number of nitriles is 1. The lowest BCUT2D eigenvalue weighted by Gasteiger charge is -2.04. The molecule has 0 aromatic heterocycles. The molecule has 0 radical (unpaired) electrons. The van der Waals surface area contributed by atoms with E-state index in [-0.39, 0.29) is 11.4 Å². The minimum absolute atomic E-state index is 0.0468. The maximum atomic E-state index is 10.6. The van der Waals surface area contributed by atoms with Crippen molar-refractivity contribution in [3.8, 4) is 11.8 Å². The summed E-state index contributed by atoms with van der Waals surface area (Å²) in [5.74, 6) is 0.250. The Hall–Kier alpha value is -2.09. The zero-order valence-corrected chi connectivity index (χ0v) is 8.05. The Balaban J connectivity index is 2.60. The second-order valence-corrected chi connectivity index (χ2v) is 2.83. The van der Waals surface area contributed by atoms with Gasteiger partial charge in [-0.2, -0.15) is 5.26 Å². The van der Waals surface area contributed by atoms with E-state index in [0.29, 0.717) is 19.4 Å². The van der Waals surface area contributed by atoms with Crippen LogP contribution in [0.2, 0.25) is 0 Å². The quantitative estimate of drug-likeness (QED) is 0.420. The van der Waals surface area contributed by atoms with Gasteiger partial charge >= 0.3 is 5.69 Å². The third-order valence-corrected chi connectivity index (χ3v) is 1.75. The van der Waals surface area contributed by atoms with Crippen LogP contribution in [0.25, 0.3) is 0 Å². The third kappa shape index (κ3) is 3.27. The first-order chi connectivity index (χ1) is 7.25. The van der Waals surface area contributed by atoms with Crippen LogP contribution >= 0.6 is 0 Å². The van der Waals surface area contributed by atoms with E-state index in [4.69, 9.17) is 10.00 Å². The first kappa shape index (κ1) is 11.0. The fourth-order valence-electron chi connectivity index (χ4n) is 1.06. The van der Waals surface area contributed by atoms with E-state index in [2.05, 4.69) is 0 Å². The molecule has 0 spiro atoms. The molecular weight excluding hydrogens is 196 g/mol. The number of hydrogen-bond donors (Lipinski definition) is 0. The number of hydrogen-bond acceptors (Lipinski definition) is 4. The summed E-state index contributed by atoms with van der Waals surface area (Å²) in [6, 6.07) is 8.17. The molecule has 5 heteroatoms. The Labute approximate surface area is 87.1 Å². The van der Waals surface area contributed by atoms with Crippen molar-refractivity contribution in [1.82, 2.24) is 0 Å². The van der Waals surface area contributed by atoms with E-state index in [1.54, 1.807) is 18.2 Å². The molecule has 0 unspecified atom stereocenters. The fraction of sp³-hybridized carbons (Fsp3) is 0.300. The minimum atomic E-state index is -0.486. The van der Waals surface area contributed by atoms with Gasteiger partial charge in [0.2, 0.25) is 0 Å². The molecule has 1 aromatic rings. The highest BCUT2D eigenvalue weighted by atomic mass is 16.6. The van der Waals surface area contributed by atoms with Crippen molar-refractivity contribution in [2.45, 2.75) is 12.8 Å². The molecule has 0 aliphatic carbocycles. The average Bonchev–Trinajstić information content (AvgIpc) is 2.25. The van der Waals surface area contributed by atoms with Gasteiger partial charge in [-0.15, -0.1) is 0 Å². The van der Waals surface area contributed by atoms with Crippen LogP contribution in [0.15, 0.2) is 24.3 Å². The van der Waals surface area contributed by atoms with Crippen molar-refractivity contribution in [1.29, 1.82) is 5.26 Å². The summed E-state index contributed by atoms with van der Waals surface area (Å²) < 4.78 is 5.21. The van der Waals surface area contributed by atoms with Crippen LogP contribution < -0.4 is 4.74 Å². The van der Waals surface area contributed by atoms with Crippen LogP contribution in [-0.4, -0.2) is 11.5 Å². The molecule has 0 amide bonds. The number of nitro groups is 1. The fourth-order valence-corrected chi connectivity index (χ4v) is 1.06. The normalized spacial score (nSPS) is 9.27. The minimum Gasteiger partial charge on any atom is -0.487 e. The molecule has 0 aliphatic rings. The number of rotatable bonds is 5. The van der Waals surface area contributed by atoms with Gasteiger partial charge in [0.15, 0.2) is 5.75 Å². The van der Waals surface area contributed by atoms with Gasteiger partial charge in [-0.05, 0) is 12.5 Å². The van der Waals surface area contributed by atoms with Crippen LogP contribution in [0.5, 0.6) is 5.75 Å². The number of ether oxygens (including phenoxy) is 1. The van der Waals surface area contributed by atoms with Gasteiger partial charge in [0, 0.05) is 12.5 Å². The Morgan fingerprint density at radius 3 is 2.87 bits per heavy atom. The molecule has 0 aliphatic heterocycles. The van der Waals surface area contributed by atoms with Crippen LogP contribution in [0.4, 0.5) is 5.69 Å². The molecule has 0 fully saturated rings. The van der Waals surface area contributed by atoms with Crippen molar-refractivity contribution >= 4 is 5.69 Å². The van der Waals surface area contributed by atoms with E-state index in [1.165, 1.54) is 6.07 Å². The van der Waals surface area contributed by atoms with Gasteiger partial charge in [0.1, 0.15) is 0 Å². The summed E-state index contributed by atoms with van der Waals surface area (Å²) in [6.07, 6.45) is 0.961. The first-order valence-corrected chi connectivity index (χ1v) is 4.49. The van der Waals surface area contributed by atoms with Gasteiger partial charge in [0.05, 0.1) is 17.6 Å². The molecule has 0 N–H and O–H groups in total. The van der Waals surface area contributed by atoms with Gasteiger partial charge in [0.25, 0.3) is 0 Å². The lowest BCUT2D eigenvalue weighted by atomic mass is 10.3. The molecule has 1 aromatic carbocycles. The highest BCUT2D eigenvalue weighted by molar-refractivity contribution is 5.45. The van der Waals surface area contributed by atoms with E-state index in [0.717, 1.165) is 0 Å². The highest BCUT2D eigenvalue weighted by Crippen LogP contribution is 2.25. The van der Waals surface area contributed by atoms with Crippen molar-refractivity contribution < 1.29 is 9.66 Å². The van der Waals surface area contributed by atoms with Crippen molar-refractivity contribution in [2.75, 3.05) is 6.61 Å². The van der Waals surface area contributed by atoms with E-state index in [1.807, 2.05) is 6.07 Å². The maximum absolute atomic E-state index is 10.6. The van der Waals surface area contributed by atoms with Crippen LogP contribution in [0.1, 0.15) is 12.8 Å². The Bertz CT molecular complexity index is 384. The predicted octanol–water partition coefficient (Wildman–Crippen LogP) is 2.28. The van der Waals surface area contributed by atoms with Crippen LogP contribution in [0, 0.1) is 21.4 Å². The number of benzene rings is 1. The largest absolute Gasteiger partial charge is 0.487 e. The number of nitrogens with zero attached hydrogens (tertiary/aromatic N) is 2. The Kier molecular flexibility index (Phi) is 4.10. The number of para-hydroxylation sites is 2. The molecule has 0 saturated carbocycles. The van der Waals surface area contributed by atoms with Crippen molar-refractivity contribution in [3.05, 3.63) is 34.4 Å². The summed E-state index contributed by atoms with van der Waals surface area (Å²) >= 11 is 0. The van der Waals surface area contributed by atoms with E-state index < -0.39 is 4.92 Å². The lowest BCUT2D eigenvalue weighted by molar-refractivity contribution is -0.385. The average molecular weight is 206 g/mol. The van der Waals surface area contributed by atoms with E-state index in [9.17, 15) is 10.1 Å². The third-order valence-electron chi connectivity index (χ3n) is 1.75. The molecule has 0 heterocycles. The number of unbranched alkanes of at least 4 members (excludes halogenated alkanes) is 1. The van der Waals surface area contributed by atoms with Crippen LogP contribution in [0.3, 0.4) is 0 Å². The van der Waals surface area contributed by atoms with Gasteiger partial charge in [-0.25, -0.2) is 0 Å². The van der Waals surface area contributed by atoms with Crippen LogP contribution in [-0.2, 0) is 0 Å². The van der Waals surface area contributed by atoms with Gasteiger partial charge < -0.3 is 4.74 Å². The highest BCUT2D eigenvalue weighted by Gasteiger charge is 2.12. The Morgan fingerprint density at radius 2 is 2.20 bits per heavy atom. The first-order valence-electron chi connectivity index (χ1n) is 4.49. The predicted molar refractivity (Wildman–Crippen MR) is 53.4 cm³/mol. The molecule has 0 atom stereocenters. The maximum Gasteiger partial charge on any atom is 0.310 e. The van der Waals surface area contributed by atoms with Crippen molar-refractivity contribution in [3.63, 3.8) is 0 Å². The smallest absolute Gasteiger partial charge is 0.310 e. The summed E-state index contributed by atoms with van der Waals surface area (Å²) in [6.45, 7) is 0.318. The Morgan fingerprint density at radius 1 is 1.47 bits per heavy atom. The molecule has 1 rings (SSSR count). The molecule has 15 heavy (non-hydrogen) atoms. The zero-order valence-electron chi connectivity index (χ0n) is 8.05. The molecule has 5 nitrogen and oxygen atoms in total. The second kappa shape index (κ2) is 5.60. The monoisotopic (exact) mass is 206 g/mol. The second-order valence-electron chi connectivity index (χ2n) is 2.83. The summed E-state index contributed by atoms with van der Waals surface area (Å²) in [5.41, 5.74) is -0.0468. The molecular formula is C10H10N2O3. The summed E-state index contributed by atoms with van der Waals surface area (Å²) in [5, 5.41) is 18.9. The summed E-state index contributed by atoms with van der Waals surface area (Å²) in [4.78, 5) is 10.1. The topological polar surface area (TPSA) is 76.2 Å². The van der Waals surface area contributed by atoms with Gasteiger partial charge in [-0.3, -0.25) is 10.1 Å². The summed E-state index contributed by atoms with van der Waals surface area (Å²) in [7, 11) is 0. The molecule has 0 saturated heterocycles. The molecule has 78 valence electrons. The number of nitro benzene ring substituents is 1. The van der Waals surface area contributed by atoms with Crippen molar-refractivity contribution in [2.24, 2.45) is 0 Å². The van der Waals surface area contributed by atoms with E-state index >= 15 is 0 Å². The zero-order chi connectivity index (χ0) is 11.1. The lowest BCUT2D eigenvalue weighted by Crippen LogP contribution is -1.99. The SMILES string of the molecule is N#CCCCOc1ccccc1[N+](=O)[O-]. The standard InChI is InChI=1S/C10H10N2O3/c11-7-3-4-8-15-10-6-2-1-5-9(10)12(13)14/h1-2,5-6H,3-4,8H2.